The Morgan fingerprint density at radius 1 is 0.833 bits per heavy atom. The summed E-state index contributed by atoms with van der Waals surface area (Å²) in [6, 6.07) is 16.5. The third-order valence-electron chi connectivity index (χ3n) is 2.68. The Labute approximate surface area is 124 Å². The van der Waals surface area contributed by atoms with Crippen molar-refractivity contribution in [2.45, 2.75) is 13.0 Å². The van der Waals surface area contributed by atoms with Gasteiger partial charge in [-0.1, -0.05) is 56.1 Å². The zero-order valence-corrected chi connectivity index (χ0v) is 13.2. The first-order valence-electron chi connectivity index (χ1n) is 5.83. The van der Waals surface area contributed by atoms with E-state index in [1.807, 2.05) is 31.2 Å². The maximum atomic E-state index is 5.86. The molecule has 0 aliphatic rings. The monoisotopic (exact) mass is 368 g/mol. The van der Waals surface area contributed by atoms with Crippen LogP contribution in [0.4, 0.5) is 0 Å². The first-order valence-corrected chi connectivity index (χ1v) is 7.42. The van der Waals surface area contributed by atoms with Crippen LogP contribution in [0.2, 0.25) is 0 Å². The van der Waals surface area contributed by atoms with Crippen LogP contribution in [-0.2, 0) is 4.74 Å². The first-order chi connectivity index (χ1) is 8.70. The van der Waals surface area contributed by atoms with Crippen molar-refractivity contribution in [3.05, 3.63) is 68.6 Å². The summed E-state index contributed by atoms with van der Waals surface area (Å²) in [6.07, 6.45) is -0.00352. The van der Waals surface area contributed by atoms with E-state index >= 15 is 0 Å². The van der Waals surface area contributed by atoms with Crippen molar-refractivity contribution >= 4 is 31.9 Å². The lowest BCUT2D eigenvalue weighted by atomic mass is 10.0. The zero-order chi connectivity index (χ0) is 13.0. The van der Waals surface area contributed by atoms with Gasteiger partial charge < -0.3 is 4.74 Å². The highest BCUT2D eigenvalue weighted by Gasteiger charge is 2.13. The molecule has 0 N–H and O–H groups in total. The molecule has 0 spiro atoms. The minimum atomic E-state index is -0.00352. The van der Waals surface area contributed by atoms with Gasteiger partial charge in [-0.25, -0.2) is 0 Å². The van der Waals surface area contributed by atoms with E-state index in [9.17, 15) is 0 Å². The van der Waals surface area contributed by atoms with Gasteiger partial charge in [0.25, 0.3) is 0 Å². The van der Waals surface area contributed by atoms with Crippen LogP contribution in [0.1, 0.15) is 24.2 Å². The summed E-state index contributed by atoms with van der Waals surface area (Å²) in [6.45, 7) is 2.71. The van der Waals surface area contributed by atoms with Gasteiger partial charge in [-0.05, 0) is 42.3 Å². The topological polar surface area (TPSA) is 9.23 Å². The number of halogens is 2. The molecule has 0 aromatic heterocycles. The van der Waals surface area contributed by atoms with Gasteiger partial charge in [0, 0.05) is 15.6 Å². The number of rotatable bonds is 4. The maximum absolute atomic E-state index is 5.86. The third-order valence-corrected chi connectivity index (χ3v) is 3.74. The van der Waals surface area contributed by atoms with Gasteiger partial charge in [0.2, 0.25) is 0 Å². The molecule has 0 atom stereocenters. The molecule has 1 nitrogen and oxygen atoms in total. The molecule has 2 aromatic rings. The molecule has 0 heterocycles. The second kappa shape index (κ2) is 6.50. The van der Waals surface area contributed by atoms with Gasteiger partial charge in [0.15, 0.2) is 0 Å². The average molecular weight is 370 g/mol. The Kier molecular flexibility index (Phi) is 4.98. The van der Waals surface area contributed by atoms with E-state index in [2.05, 4.69) is 56.1 Å². The Balaban J connectivity index is 2.33. The van der Waals surface area contributed by atoms with E-state index in [1.54, 1.807) is 0 Å². The highest BCUT2D eigenvalue weighted by molar-refractivity contribution is 9.10. The summed E-state index contributed by atoms with van der Waals surface area (Å²) >= 11 is 6.90. The fourth-order valence-electron chi connectivity index (χ4n) is 1.83. The van der Waals surface area contributed by atoms with Crippen molar-refractivity contribution in [1.29, 1.82) is 0 Å². The van der Waals surface area contributed by atoms with Crippen LogP contribution in [0.3, 0.4) is 0 Å². The summed E-state index contributed by atoms with van der Waals surface area (Å²) in [5, 5.41) is 0. The van der Waals surface area contributed by atoms with Gasteiger partial charge >= 0.3 is 0 Å². The molecule has 94 valence electrons. The van der Waals surface area contributed by atoms with Gasteiger partial charge in [-0.2, -0.15) is 0 Å². The fourth-order valence-corrected chi connectivity index (χ4v) is 2.36. The van der Waals surface area contributed by atoms with Crippen molar-refractivity contribution in [3.8, 4) is 0 Å². The molecule has 0 fully saturated rings. The van der Waals surface area contributed by atoms with E-state index in [1.165, 1.54) is 11.1 Å². The predicted molar refractivity (Wildman–Crippen MR) is 81.8 cm³/mol. The number of ether oxygens (including phenoxy) is 1. The summed E-state index contributed by atoms with van der Waals surface area (Å²) < 4.78 is 8.02. The maximum Gasteiger partial charge on any atom is 0.108 e. The van der Waals surface area contributed by atoms with Crippen LogP contribution in [0, 0.1) is 0 Å². The average Bonchev–Trinajstić information content (AvgIpc) is 2.39. The molecule has 2 rings (SSSR count). The molecular formula is C15H14Br2O. The molecule has 0 radical (unpaired) electrons. The van der Waals surface area contributed by atoms with Crippen LogP contribution in [0.15, 0.2) is 57.5 Å². The lowest BCUT2D eigenvalue weighted by Gasteiger charge is -2.18. The summed E-state index contributed by atoms with van der Waals surface area (Å²) in [5.41, 5.74) is 2.34. The highest BCUT2D eigenvalue weighted by atomic mass is 79.9. The minimum absolute atomic E-state index is 0.00352. The van der Waals surface area contributed by atoms with Crippen molar-refractivity contribution in [2.24, 2.45) is 0 Å². The van der Waals surface area contributed by atoms with Crippen LogP contribution in [0.5, 0.6) is 0 Å². The van der Waals surface area contributed by atoms with Crippen molar-refractivity contribution in [3.63, 3.8) is 0 Å². The van der Waals surface area contributed by atoms with Crippen LogP contribution in [-0.4, -0.2) is 6.61 Å². The largest absolute Gasteiger partial charge is 0.369 e. The van der Waals surface area contributed by atoms with Gasteiger partial charge in [-0.15, -0.1) is 0 Å². The Morgan fingerprint density at radius 2 is 1.22 bits per heavy atom. The summed E-state index contributed by atoms with van der Waals surface area (Å²) in [5.74, 6) is 0. The van der Waals surface area contributed by atoms with E-state index in [4.69, 9.17) is 4.74 Å². The quantitative estimate of drug-likeness (QED) is 0.706. The second-order valence-electron chi connectivity index (χ2n) is 3.94. The fraction of sp³-hybridized carbons (Fsp3) is 0.200. The molecule has 0 unspecified atom stereocenters. The Hall–Kier alpha value is -0.640. The molecule has 0 aliphatic heterocycles. The van der Waals surface area contributed by atoms with E-state index < -0.39 is 0 Å². The zero-order valence-electron chi connectivity index (χ0n) is 10.1. The lowest BCUT2D eigenvalue weighted by molar-refractivity contribution is 0.0913. The molecule has 18 heavy (non-hydrogen) atoms. The molecule has 0 bridgehead atoms. The van der Waals surface area contributed by atoms with E-state index in [0.717, 1.165) is 8.95 Å². The molecule has 0 aliphatic carbocycles. The van der Waals surface area contributed by atoms with Gasteiger partial charge in [0.1, 0.15) is 6.10 Å². The number of hydrogen-bond acceptors (Lipinski definition) is 1. The van der Waals surface area contributed by atoms with Crippen LogP contribution >= 0.6 is 31.9 Å². The molecule has 3 heteroatoms. The predicted octanol–water partition coefficient (Wildman–Crippen LogP) is 5.34. The van der Waals surface area contributed by atoms with Crippen LogP contribution < -0.4 is 0 Å². The number of hydrogen-bond donors (Lipinski definition) is 0. The molecular weight excluding hydrogens is 356 g/mol. The Bertz CT molecular complexity index is 445. The molecule has 0 saturated carbocycles. The minimum Gasteiger partial charge on any atom is -0.369 e. The lowest BCUT2D eigenvalue weighted by Crippen LogP contribution is -2.05. The highest BCUT2D eigenvalue weighted by Crippen LogP contribution is 2.28. The van der Waals surface area contributed by atoms with Gasteiger partial charge in [0.05, 0.1) is 0 Å². The SMILES string of the molecule is CCOC(c1ccc(Br)cc1)c1ccc(Br)cc1. The summed E-state index contributed by atoms with van der Waals surface area (Å²) in [4.78, 5) is 0. The smallest absolute Gasteiger partial charge is 0.108 e. The molecule has 0 saturated heterocycles. The molecule has 2 aromatic carbocycles. The van der Waals surface area contributed by atoms with Crippen LogP contribution in [0.25, 0.3) is 0 Å². The summed E-state index contributed by atoms with van der Waals surface area (Å²) in [7, 11) is 0. The number of benzene rings is 2. The van der Waals surface area contributed by atoms with E-state index in [-0.39, 0.29) is 6.10 Å². The normalized spacial score (nSPS) is 10.9. The second-order valence-corrected chi connectivity index (χ2v) is 5.77. The first kappa shape index (κ1) is 13.8. The standard InChI is InChI=1S/C15H14Br2O/c1-2-18-15(11-3-7-13(16)8-4-11)12-5-9-14(17)10-6-12/h3-10,15H,2H2,1H3. The van der Waals surface area contributed by atoms with Crippen molar-refractivity contribution < 1.29 is 4.74 Å². The van der Waals surface area contributed by atoms with Gasteiger partial charge in [-0.3, -0.25) is 0 Å². The molecule has 0 amide bonds. The van der Waals surface area contributed by atoms with E-state index in [0.29, 0.717) is 6.61 Å². The third kappa shape index (κ3) is 3.44. The van der Waals surface area contributed by atoms with Crippen molar-refractivity contribution in [2.75, 3.05) is 6.61 Å². The Morgan fingerprint density at radius 3 is 1.56 bits per heavy atom. The van der Waals surface area contributed by atoms with Crippen molar-refractivity contribution in [1.82, 2.24) is 0 Å².